The average molecular weight is 491 g/mol. The van der Waals surface area contributed by atoms with Crippen LogP contribution in [-0.4, -0.2) is 42.7 Å². The number of sulfone groups is 1. The first-order valence-corrected chi connectivity index (χ1v) is 12.2. The van der Waals surface area contributed by atoms with E-state index in [-0.39, 0.29) is 34.6 Å². The molecule has 10 heteroatoms. The van der Waals surface area contributed by atoms with Gasteiger partial charge in [-0.15, -0.1) is 0 Å². The predicted octanol–water partition coefficient (Wildman–Crippen LogP) is 4.03. The molecule has 0 spiro atoms. The van der Waals surface area contributed by atoms with Crippen LogP contribution >= 0.6 is 23.2 Å². The standard InChI is InChI=1S/C22H16Cl2N2O5S/c1-12-16(9-15-3-5-20(31-15)17-8-13(23)2-4-19(17)24)21(27)26(22(28)18(12)10-25)14-6-7-32(29,30)11-14/h2-5,8-9,14H,6-7,11H2,1H3/b16-9-/t14-/m0/s1. The highest BCUT2D eigenvalue weighted by atomic mass is 35.5. The van der Waals surface area contributed by atoms with Gasteiger partial charge in [-0.25, -0.2) is 8.42 Å². The van der Waals surface area contributed by atoms with Crippen LogP contribution in [0, 0.1) is 11.3 Å². The molecular formula is C22H16Cl2N2O5S. The molecule has 4 rings (SSSR count). The third kappa shape index (κ3) is 3.99. The van der Waals surface area contributed by atoms with Gasteiger partial charge in [-0.05, 0) is 55.3 Å². The molecule has 3 heterocycles. The van der Waals surface area contributed by atoms with Gasteiger partial charge in [0.05, 0.1) is 22.6 Å². The van der Waals surface area contributed by atoms with Crippen LogP contribution in [-0.2, 0) is 19.4 Å². The zero-order valence-electron chi connectivity index (χ0n) is 16.8. The summed E-state index contributed by atoms with van der Waals surface area (Å²) in [6.45, 7) is 1.50. The van der Waals surface area contributed by atoms with Crippen molar-refractivity contribution >= 4 is 50.9 Å². The summed E-state index contributed by atoms with van der Waals surface area (Å²) >= 11 is 12.3. The molecule has 2 aliphatic rings. The molecule has 0 radical (unpaired) electrons. The molecule has 1 aromatic heterocycles. The fourth-order valence-electron chi connectivity index (χ4n) is 3.81. The lowest BCUT2D eigenvalue weighted by Crippen LogP contribution is -2.49. The zero-order chi connectivity index (χ0) is 23.2. The second-order valence-corrected chi connectivity index (χ2v) is 10.6. The number of hydrogen-bond acceptors (Lipinski definition) is 6. The predicted molar refractivity (Wildman–Crippen MR) is 119 cm³/mol. The molecule has 2 aliphatic heterocycles. The molecule has 0 bridgehead atoms. The third-order valence-corrected chi connectivity index (χ3v) is 7.77. The molecular weight excluding hydrogens is 475 g/mol. The summed E-state index contributed by atoms with van der Waals surface area (Å²) in [5.41, 5.74) is 0.656. The first kappa shape index (κ1) is 22.3. The quantitative estimate of drug-likeness (QED) is 0.474. The second-order valence-electron chi connectivity index (χ2n) is 7.53. The van der Waals surface area contributed by atoms with Crippen molar-refractivity contribution in [2.24, 2.45) is 0 Å². The Morgan fingerprint density at radius 1 is 1.19 bits per heavy atom. The summed E-state index contributed by atoms with van der Waals surface area (Å²) in [5, 5.41) is 10.4. The lowest BCUT2D eigenvalue weighted by atomic mass is 9.93. The van der Waals surface area contributed by atoms with Gasteiger partial charge in [0.1, 0.15) is 23.2 Å². The SMILES string of the molecule is CC1=C(C#N)C(=O)N([C@H]2CCS(=O)(=O)C2)C(=O)/C1=C\c1ccc(-c2cc(Cl)ccc2Cl)o1. The molecule has 1 fully saturated rings. The summed E-state index contributed by atoms with van der Waals surface area (Å²) < 4.78 is 29.6. The van der Waals surface area contributed by atoms with Crippen molar-refractivity contribution in [2.45, 2.75) is 19.4 Å². The maximum absolute atomic E-state index is 13.2. The van der Waals surface area contributed by atoms with Gasteiger partial charge < -0.3 is 4.42 Å². The first-order valence-electron chi connectivity index (χ1n) is 9.58. The Hall–Kier alpha value is -2.86. The Labute approximate surface area is 194 Å². The number of furan rings is 1. The average Bonchev–Trinajstić information content (AvgIpc) is 3.33. The highest BCUT2D eigenvalue weighted by molar-refractivity contribution is 7.91. The van der Waals surface area contributed by atoms with Gasteiger partial charge in [-0.3, -0.25) is 14.5 Å². The molecule has 1 aromatic carbocycles. The van der Waals surface area contributed by atoms with Crippen LogP contribution in [0.2, 0.25) is 10.0 Å². The number of amides is 2. The summed E-state index contributed by atoms with van der Waals surface area (Å²) in [7, 11) is -3.35. The highest BCUT2D eigenvalue weighted by Gasteiger charge is 2.43. The first-order chi connectivity index (χ1) is 15.1. The molecule has 1 atom stereocenters. The lowest BCUT2D eigenvalue weighted by molar-refractivity contribution is -0.142. The molecule has 0 N–H and O–H groups in total. The van der Waals surface area contributed by atoms with Crippen molar-refractivity contribution < 1.29 is 22.4 Å². The van der Waals surface area contributed by atoms with Gasteiger partial charge in [-0.1, -0.05) is 23.2 Å². The van der Waals surface area contributed by atoms with Gasteiger partial charge in [0.2, 0.25) is 0 Å². The molecule has 164 valence electrons. The summed E-state index contributed by atoms with van der Waals surface area (Å²) in [4.78, 5) is 26.9. The Morgan fingerprint density at radius 3 is 2.59 bits per heavy atom. The van der Waals surface area contributed by atoms with Crippen molar-refractivity contribution in [3.05, 3.63) is 62.9 Å². The highest BCUT2D eigenvalue weighted by Crippen LogP contribution is 2.34. The van der Waals surface area contributed by atoms with Gasteiger partial charge >= 0.3 is 0 Å². The Morgan fingerprint density at radius 2 is 1.94 bits per heavy atom. The van der Waals surface area contributed by atoms with E-state index in [2.05, 4.69) is 0 Å². The summed E-state index contributed by atoms with van der Waals surface area (Å²) in [5.74, 6) is -1.14. The minimum absolute atomic E-state index is 0.0866. The normalized spacial score (nSPS) is 22.0. The van der Waals surface area contributed by atoms with E-state index >= 15 is 0 Å². The van der Waals surface area contributed by atoms with E-state index in [0.717, 1.165) is 4.90 Å². The van der Waals surface area contributed by atoms with Crippen molar-refractivity contribution in [1.82, 2.24) is 4.90 Å². The molecule has 0 saturated carbocycles. The molecule has 0 aliphatic carbocycles. The van der Waals surface area contributed by atoms with Crippen LogP contribution < -0.4 is 0 Å². The number of nitriles is 1. The molecule has 32 heavy (non-hydrogen) atoms. The minimum atomic E-state index is -3.35. The maximum atomic E-state index is 13.2. The number of hydrogen-bond donors (Lipinski definition) is 0. The molecule has 7 nitrogen and oxygen atoms in total. The monoisotopic (exact) mass is 490 g/mol. The number of carbonyl (C=O) groups excluding carboxylic acids is 2. The molecule has 2 amide bonds. The Bertz CT molecular complexity index is 1360. The van der Waals surface area contributed by atoms with Gasteiger partial charge in [-0.2, -0.15) is 5.26 Å². The van der Waals surface area contributed by atoms with E-state index < -0.39 is 27.7 Å². The minimum Gasteiger partial charge on any atom is -0.457 e. The largest absolute Gasteiger partial charge is 0.457 e. The topological polar surface area (TPSA) is 108 Å². The van der Waals surface area contributed by atoms with E-state index in [1.54, 1.807) is 30.3 Å². The third-order valence-electron chi connectivity index (χ3n) is 5.45. The number of halogens is 2. The van der Waals surface area contributed by atoms with E-state index in [0.29, 0.717) is 27.1 Å². The van der Waals surface area contributed by atoms with E-state index in [1.165, 1.54) is 13.0 Å². The van der Waals surface area contributed by atoms with E-state index in [1.807, 2.05) is 6.07 Å². The lowest BCUT2D eigenvalue weighted by Gasteiger charge is -2.31. The van der Waals surface area contributed by atoms with Crippen LogP contribution in [0.4, 0.5) is 0 Å². The van der Waals surface area contributed by atoms with E-state index in [9.17, 15) is 23.3 Å². The smallest absolute Gasteiger partial charge is 0.271 e. The van der Waals surface area contributed by atoms with E-state index in [4.69, 9.17) is 27.6 Å². The van der Waals surface area contributed by atoms with Crippen LogP contribution in [0.15, 0.2) is 51.5 Å². The van der Waals surface area contributed by atoms with Crippen LogP contribution in [0.1, 0.15) is 19.1 Å². The number of nitrogens with zero attached hydrogens (tertiary/aromatic N) is 2. The zero-order valence-corrected chi connectivity index (χ0v) is 19.1. The van der Waals surface area contributed by atoms with Crippen LogP contribution in [0.3, 0.4) is 0 Å². The number of rotatable bonds is 3. The molecule has 1 saturated heterocycles. The summed E-state index contributed by atoms with van der Waals surface area (Å²) in [6.07, 6.45) is 1.57. The van der Waals surface area contributed by atoms with Crippen molar-refractivity contribution in [1.29, 1.82) is 5.26 Å². The molecule has 0 unspecified atom stereocenters. The Balaban J connectivity index is 1.75. The van der Waals surface area contributed by atoms with Crippen molar-refractivity contribution in [2.75, 3.05) is 11.5 Å². The number of carbonyl (C=O) groups is 2. The number of benzene rings is 1. The summed E-state index contributed by atoms with van der Waals surface area (Å²) in [6, 6.07) is 9.24. The van der Waals surface area contributed by atoms with Crippen molar-refractivity contribution in [3.8, 4) is 17.4 Å². The molecule has 2 aromatic rings. The second kappa shape index (κ2) is 8.24. The van der Waals surface area contributed by atoms with Crippen molar-refractivity contribution in [3.63, 3.8) is 0 Å². The van der Waals surface area contributed by atoms with Gasteiger partial charge in [0.15, 0.2) is 9.84 Å². The Kier molecular flexibility index (Phi) is 5.76. The fourth-order valence-corrected chi connectivity index (χ4v) is 5.90. The van der Waals surface area contributed by atoms with Gasteiger partial charge in [0, 0.05) is 16.2 Å². The van der Waals surface area contributed by atoms with Crippen LogP contribution in [0.5, 0.6) is 0 Å². The number of imide groups is 1. The maximum Gasteiger partial charge on any atom is 0.271 e. The fraction of sp³-hybridized carbons (Fsp3) is 0.227. The van der Waals surface area contributed by atoms with Gasteiger partial charge in [0.25, 0.3) is 11.8 Å². The van der Waals surface area contributed by atoms with Crippen LogP contribution in [0.25, 0.3) is 17.4 Å².